The summed E-state index contributed by atoms with van der Waals surface area (Å²) in [4.78, 5) is 18.3. The summed E-state index contributed by atoms with van der Waals surface area (Å²) in [6, 6.07) is 18.2. The monoisotopic (exact) mass is 551 g/mol. The number of aryl methyl sites for hydroxylation is 2. The fourth-order valence-corrected chi connectivity index (χ4v) is 4.63. The predicted molar refractivity (Wildman–Crippen MR) is 150 cm³/mol. The minimum absolute atomic E-state index is 0.0368. The molecule has 4 rings (SSSR count). The number of anilines is 1. The van der Waals surface area contributed by atoms with E-state index in [4.69, 9.17) is 5.41 Å². The van der Waals surface area contributed by atoms with Crippen LogP contribution in [0.25, 0.3) is 0 Å². The normalized spacial score (nSPS) is 15.2. The van der Waals surface area contributed by atoms with E-state index in [9.17, 15) is 18.0 Å². The van der Waals surface area contributed by atoms with Gasteiger partial charge >= 0.3 is 6.36 Å². The minimum Gasteiger partial charge on any atom is -0.406 e. The number of alkyl halides is 3. The molecule has 39 heavy (non-hydrogen) atoms. The number of ether oxygens (including phenoxy) is 1. The van der Waals surface area contributed by atoms with Gasteiger partial charge in [-0.2, -0.15) is 5.10 Å². The van der Waals surface area contributed by atoms with Crippen LogP contribution in [0.1, 0.15) is 28.7 Å². The summed E-state index contributed by atoms with van der Waals surface area (Å²) in [5.74, 6) is -0.0521. The minimum atomic E-state index is -4.74. The number of carbonyl (C=O) groups is 1. The summed E-state index contributed by atoms with van der Waals surface area (Å²) in [5.41, 5.74) is 5.04. The Morgan fingerprint density at radius 2 is 1.72 bits per heavy atom. The second kappa shape index (κ2) is 12.1. The molecule has 11 heteroatoms. The van der Waals surface area contributed by atoms with Gasteiger partial charge in [0.2, 0.25) is 5.91 Å². The number of nitrogens with one attached hydrogen (secondary N) is 1. The quantitative estimate of drug-likeness (QED) is 0.246. The molecule has 1 aliphatic rings. The number of rotatable bonds is 8. The van der Waals surface area contributed by atoms with E-state index in [2.05, 4.69) is 19.9 Å². The van der Waals surface area contributed by atoms with Crippen molar-refractivity contribution in [3.05, 3.63) is 89.0 Å². The molecule has 0 aromatic heterocycles. The Morgan fingerprint density at radius 1 is 1.05 bits per heavy atom. The van der Waals surface area contributed by atoms with Gasteiger partial charge in [0.1, 0.15) is 5.75 Å². The Morgan fingerprint density at radius 3 is 2.36 bits per heavy atom. The maximum atomic E-state index is 12.5. The number of thioether (sulfide) groups is 1. The maximum absolute atomic E-state index is 12.5. The molecule has 200 valence electrons. The van der Waals surface area contributed by atoms with Crippen LogP contribution in [-0.4, -0.2) is 41.3 Å². The number of amidine groups is 1. The zero-order valence-electron chi connectivity index (χ0n) is 21.1. The molecule has 0 radical (unpaired) electrons. The molecule has 0 unspecified atom stereocenters. The third-order valence-electron chi connectivity index (χ3n) is 5.64. The summed E-state index contributed by atoms with van der Waals surface area (Å²) in [5, 5.41) is 17.3. The number of aliphatic imine (C=N–C) groups is 1. The predicted octanol–water partition coefficient (Wildman–Crippen LogP) is 6.83. The van der Waals surface area contributed by atoms with Gasteiger partial charge in [-0.25, -0.2) is 0 Å². The summed E-state index contributed by atoms with van der Waals surface area (Å²) in [6.45, 7) is 3.91. The molecule has 1 saturated heterocycles. The molecule has 0 spiro atoms. The second-order valence-electron chi connectivity index (χ2n) is 8.54. The first-order valence-corrected chi connectivity index (χ1v) is 12.8. The van der Waals surface area contributed by atoms with Crippen LogP contribution in [0.5, 0.6) is 5.75 Å². The SMILES string of the molecule is Cc1cccc(C)c1N1C(=O)CS/C1=N/N=C\c1ccc(C(=N)CC=Nc2ccc(OC(F)(F)F)cc2)cc1. The number of carbonyl (C=O) groups excluding carboxylic acids is 1. The lowest BCUT2D eigenvalue weighted by Gasteiger charge is -2.20. The molecular weight excluding hydrogens is 527 g/mol. The van der Waals surface area contributed by atoms with Crippen LogP contribution in [0.3, 0.4) is 0 Å². The Hall–Kier alpha value is -4.25. The average Bonchev–Trinajstić information content (AvgIpc) is 3.24. The fraction of sp³-hybridized carbons (Fsp3) is 0.179. The van der Waals surface area contributed by atoms with Crippen LogP contribution >= 0.6 is 11.8 Å². The van der Waals surface area contributed by atoms with Gasteiger partial charge in [-0.05, 0) is 60.4 Å². The zero-order valence-corrected chi connectivity index (χ0v) is 21.9. The van der Waals surface area contributed by atoms with Gasteiger partial charge in [0.15, 0.2) is 5.17 Å². The lowest BCUT2D eigenvalue weighted by molar-refractivity contribution is -0.274. The van der Waals surface area contributed by atoms with Crippen molar-refractivity contribution >= 4 is 52.4 Å². The second-order valence-corrected chi connectivity index (χ2v) is 9.49. The lowest BCUT2D eigenvalue weighted by Crippen LogP contribution is -2.30. The van der Waals surface area contributed by atoms with Gasteiger partial charge in [-0.15, -0.1) is 18.3 Å². The van der Waals surface area contributed by atoms with Crippen molar-refractivity contribution in [1.29, 1.82) is 5.41 Å². The highest BCUT2D eigenvalue weighted by Crippen LogP contribution is 2.32. The molecular formula is C28H24F3N5O2S. The largest absolute Gasteiger partial charge is 0.573 e. The Labute approximate surface area is 227 Å². The van der Waals surface area contributed by atoms with E-state index in [0.717, 1.165) is 22.4 Å². The first-order valence-electron chi connectivity index (χ1n) is 11.8. The molecule has 1 amide bonds. The molecule has 0 atom stereocenters. The highest BCUT2D eigenvalue weighted by Gasteiger charge is 2.32. The molecule has 3 aromatic carbocycles. The van der Waals surface area contributed by atoms with Crippen LogP contribution in [0.4, 0.5) is 24.5 Å². The van der Waals surface area contributed by atoms with Gasteiger partial charge in [0, 0.05) is 18.3 Å². The standard InChI is InChI=1S/C28H24F3N5O2S/c1-18-4-3-5-19(2)26(18)36-25(37)17-39-27(36)35-34-16-20-6-8-21(9-7-20)24(32)14-15-33-22-10-12-23(13-11-22)38-28(29,30)31/h3-13,15-16,32H,14,17H2,1-2H3/b32-24?,33-15?,34-16-,35-27+. The average molecular weight is 552 g/mol. The summed E-state index contributed by atoms with van der Waals surface area (Å²) < 4.78 is 40.6. The van der Waals surface area contributed by atoms with E-state index >= 15 is 0 Å². The number of para-hydroxylation sites is 1. The van der Waals surface area contributed by atoms with E-state index in [0.29, 0.717) is 27.9 Å². The zero-order chi connectivity index (χ0) is 28.0. The molecule has 0 aliphatic carbocycles. The third kappa shape index (κ3) is 7.41. The molecule has 1 aliphatic heterocycles. The summed E-state index contributed by atoms with van der Waals surface area (Å²) in [7, 11) is 0. The van der Waals surface area contributed by atoms with E-state index in [1.807, 2.05) is 32.0 Å². The third-order valence-corrected chi connectivity index (χ3v) is 6.56. The van der Waals surface area contributed by atoms with E-state index in [-0.39, 0.29) is 18.1 Å². The highest BCUT2D eigenvalue weighted by molar-refractivity contribution is 8.15. The molecule has 1 heterocycles. The molecule has 1 N–H and O–H groups in total. The van der Waals surface area contributed by atoms with Crippen molar-refractivity contribution in [2.24, 2.45) is 15.2 Å². The Balaban J connectivity index is 1.35. The first kappa shape index (κ1) is 27.8. The maximum Gasteiger partial charge on any atom is 0.573 e. The highest BCUT2D eigenvalue weighted by atomic mass is 32.2. The van der Waals surface area contributed by atoms with E-state index in [1.165, 1.54) is 42.2 Å². The van der Waals surface area contributed by atoms with Crippen LogP contribution in [0.15, 0.2) is 81.9 Å². The lowest BCUT2D eigenvalue weighted by atomic mass is 10.1. The number of halogens is 3. The molecule has 7 nitrogen and oxygen atoms in total. The van der Waals surface area contributed by atoms with Gasteiger partial charge in [-0.1, -0.05) is 54.2 Å². The number of amides is 1. The molecule has 3 aromatic rings. The number of benzene rings is 3. The number of hydrogen-bond donors (Lipinski definition) is 1. The molecule has 0 bridgehead atoms. The van der Waals surface area contributed by atoms with Crippen LogP contribution in [0.2, 0.25) is 0 Å². The van der Waals surface area contributed by atoms with Gasteiger partial charge in [0.25, 0.3) is 0 Å². The van der Waals surface area contributed by atoms with Crippen molar-refractivity contribution in [2.75, 3.05) is 10.7 Å². The topological polar surface area (TPSA) is 90.5 Å². The van der Waals surface area contributed by atoms with Gasteiger partial charge in [-0.3, -0.25) is 14.7 Å². The van der Waals surface area contributed by atoms with Crippen molar-refractivity contribution in [3.63, 3.8) is 0 Å². The Bertz CT molecular complexity index is 1430. The summed E-state index contributed by atoms with van der Waals surface area (Å²) >= 11 is 1.34. The van der Waals surface area contributed by atoms with Crippen molar-refractivity contribution in [2.45, 2.75) is 26.6 Å². The van der Waals surface area contributed by atoms with Crippen LogP contribution in [0, 0.1) is 19.3 Å². The summed E-state index contributed by atoms with van der Waals surface area (Å²) in [6.07, 6.45) is -1.40. The smallest absolute Gasteiger partial charge is 0.406 e. The Kier molecular flexibility index (Phi) is 8.60. The van der Waals surface area contributed by atoms with Gasteiger partial charge < -0.3 is 10.1 Å². The van der Waals surface area contributed by atoms with Crippen molar-refractivity contribution in [1.82, 2.24) is 0 Å². The van der Waals surface area contributed by atoms with E-state index in [1.54, 1.807) is 35.4 Å². The fourth-order valence-electron chi connectivity index (χ4n) is 3.82. The van der Waals surface area contributed by atoms with Crippen LogP contribution < -0.4 is 9.64 Å². The van der Waals surface area contributed by atoms with Gasteiger partial charge in [0.05, 0.1) is 23.3 Å². The van der Waals surface area contributed by atoms with Crippen molar-refractivity contribution < 1.29 is 22.7 Å². The number of hydrogen-bond acceptors (Lipinski definition) is 7. The van der Waals surface area contributed by atoms with Crippen molar-refractivity contribution in [3.8, 4) is 5.75 Å². The molecule has 0 saturated carbocycles. The van der Waals surface area contributed by atoms with Crippen LogP contribution in [-0.2, 0) is 4.79 Å². The van der Waals surface area contributed by atoms with E-state index < -0.39 is 6.36 Å². The number of nitrogens with zero attached hydrogens (tertiary/aromatic N) is 4. The molecule has 1 fully saturated rings. The first-order chi connectivity index (χ1) is 18.6.